The van der Waals surface area contributed by atoms with Crippen LogP contribution >= 0.6 is 0 Å². The molecule has 1 saturated heterocycles. The molecule has 0 bridgehead atoms. The molecule has 1 fully saturated rings. The molecule has 1 aromatic heterocycles. The lowest BCUT2D eigenvalue weighted by Gasteiger charge is -2.39. The molecule has 0 saturated carbocycles. The van der Waals surface area contributed by atoms with Crippen molar-refractivity contribution in [2.75, 3.05) is 19.6 Å². The number of likely N-dealkylation sites (tertiary alicyclic amines) is 1. The Morgan fingerprint density at radius 2 is 2.13 bits per heavy atom. The number of rotatable bonds is 3. The molecule has 2 heterocycles. The fourth-order valence-electron chi connectivity index (χ4n) is 1.62. The molecular formula is C9H11F3N3. The van der Waals surface area contributed by atoms with Crippen molar-refractivity contribution in [3.63, 3.8) is 0 Å². The Balaban J connectivity index is 1.70. The number of halogens is 3. The van der Waals surface area contributed by atoms with Gasteiger partial charge in [-0.25, -0.2) is 0 Å². The number of alkyl halides is 3. The van der Waals surface area contributed by atoms with Crippen LogP contribution in [0.15, 0.2) is 12.4 Å². The molecule has 1 radical (unpaired) electrons. The molecule has 1 aliphatic heterocycles. The van der Waals surface area contributed by atoms with E-state index in [2.05, 4.69) is 11.2 Å². The third-order valence-electron chi connectivity index (χ3n) is 2.50. The van der Waals surface area contributed by atoms with Crippen molar-refractivity contribution in [1.29, 1.82) is 0 Å². The minimum atomic E-state index is -4.05. The second-order valence-corrected chi connectivity index (χ2v) is 3.70. The van der Waals surface area contributed by atoms with Crippen molar-refractivity contribution in [3.05, 3.63) is 18.5 Å². The van der Waals surface area contributed by atoms with Gasteiger partial charge in [-0.3, -0.25) is 9.58 Å². The van der Waals surface area contributed by atoms with E-state index in [0.29, 0.717) is 13.1 Å². The van der Waals surface area contributed by atoms with E-state index < -0.39 is 12.6 Å². The summed E-state index contributed by atoms with van der Waals surface area (Å²) < 4.78 is 37.4. The smallest absolute Gasteiger partial charge is 0.299 e. The first-order valence-corrected chi connectivity index (χ1v) is 4.74. The van der Waals surface area contributed by atoms with Gasteiger partial charge in [0.05, 0.1) is 18.7 Å². The van der Waals surface area contributed by atoms with Gasteiger partial charge in [0.15, 0.2) is 0 Å². The normalized spacial score (nSPS) is 19.1. The van der Waals surface area contributed by atoms with Crippen LogP contribution in [0.25, 0.3) is 0 Å². The molecular weight excluding hydrogens is 207 g/mol. The quantitative estimate of drug-likeness (QED) is 0.766. The van der Waals surface area contributed by atoms with Gasteiger partial charge >= 0.3 is 6.18 Å². The number of hydrogen-bond acceptors (Lipinski definition) is 2. The summed E-state index contributed by atoms with van der Waals surface area (Å²) in [5, 5.41) is 3.99. The van der Waals surface area contributed by atoms with Crippen LogP contribution in [0.5, 0.6) is 0 Å². The SMILES string of the molecule is FC(F)(F)CCN1CC(n2c[c]cn2)C1. The molecule has 0 aromatic carbocycles. The summed E-state index contributed by atoms with van der Waals surface area (Å²) in [6.07, 6.45) is -1.51. The number of nitrogens with zero attached hydrogens (tertiary/aromatic N) is 3. The van der Waals surface area contributed by atoms with Gasteiger partial charge in [-0.1, -0.05) is 0 Å². The van der Waals surface area contributed by atoms with E-state index in [9.17, 15) is 13.2 Å². The van der Waals surface area contributed by atoms with Crippen molar-refractivity contribution in [1.82, 2.24) is 14.7 Å². The molecule has 15 heavy (non-hydrogen) atoms. The molecule has 1 aromatic rings. The molecule has 83 valence electrons. The van der Waals surface area contributed by atoms with E-state index in [-0.39, 0.29) is 12.6 Å². The van der Waals surface area contributed by atoms with Gasteiger partial charge in [-0.05, 0) is 0 Å². The Kier molecular flexibility index (Phi) is 2.68. The highest BCUT2D eigenvalue weighted by Crippen LogP contribution is 2.24. The molecule has 6 heteroatoms. The molecule has 2 rings (SSSR count). The van der Waals surface area contributed by atoms with Gasteiger partial charge in [0, 0.05) is 31.9 Å². The van der Waals surface area contributed by atoms with Gasteiger partial charge in [0.25, 0.3) is 0 Å². The fraction of sp³-hybridized carbons (Fsp3) is 0.667. The van der Waals surface area contributed by atoms with E-state index in [1.54, 1.807) is 22.0 Å². The second kappa shape index (κ2) is 3.84. The fourth-order valence-corrected chi connectivity index (χ4v) is 1.62. The summed E-state index contributed by atoms with van der Waals surface area (Å²) >= 11 is 0. The lowest BCUT2D eigenvalue weighted by atomic mass is 10.1. The van der Waals surface area contributed by atoms with Gasteiger partial charge in [0.1, 0.15) is 0 Å². The summed E-state index contributed by atoms with van der Waals surface area (Å²) in [6, 6.07) is 3.02. The average molecular weight is 218 g/mol. The predicted octanol–water partition coefficient (Wildman–Crippen LogP) is 1.49. The largest absolute Gasteiger partial charge is 0.390 e. The molecule has 0 amide bonds. The lowest BCUT2D eigenvalue weighted by Crippen LogP contribution is -2.48. The molecule has 0 unspecified atom stereocenters. The summed E-state index contributed by atoms with van der Waals surface area (Å²) in [7, 11) is 0. The van der Waals surface area contributed by atoms with Crippen LogP contribution in [0.3, 0.4) is 0 Å². The molecule has 0 aliphatic carbocycles. The molecule has 1 aliphatic rings. The minimum absolute atomic E-state index is 0.0883. The lowest BCUT2D eigenvalue weighted by molar-refractivity contribution is -0.141. The maximum Gasteiger partial charge on any atom is 0.390 e. The van der Waals surface area contributed by atoms with Gasteiger partial charge in [0.2, 0.25) is 0 Å². The van der Waals surface area contributed by atoms with E-state index in [4.69, 9.17) is 0 Å². The number of aromatic nitrogens is 2. The standard InChI is InChI=1S/C9H11F3N3/c10-9(11,12)2-5-14-6-8(7-14)15-4-1-3-13-15/h3-4,8H,2,5-7H2. The van der Waals surface area contributed by atoms with Gasteiger partial charge in [-0.2, -0.15) is 18.3 Å². The van der Waals surface area contributed by atoms with E-state index >= 15 is 0 Å². The summed E-state index contributed by atoms with van der Waals surface area (Å²) in [4.78, 5) is 1.78. The summed E-state index contributed by atoms with van der Waals surface area (Å²) in [6.45, 7) is 1.38. The average Bonchev–Trinajstić information content (AvgIpc) is 2.51. The predicted molar refractivity (Wildman–Crippen MR) is 47.2 cm³/mol. The highest BCUT2D eigenvalue weighted by Gasteiger charge is 2.33. The Morgan fingerprint density at radius 3 is 2.67 bits per heavy atom. The summed E-state index contributed by atoms with van der Waals surface area (Å²) in [5.74, 6) is 0. The van der Waals surface area contributed by atoms with Crippen molar-refractivity contribution in [2.24, 2.45) is 0 Å². The van der Waals surface area contributed by atoms with Crippen LogP contribution < -0.4 is 0 Å². The zero-order valence-corrected chi connectivity index (χ0v) is 8.04. The van der Waals surface area contributed by atoms with Crippen LogP contribution in [0.4, 0.5) is 13.2 Å². The highest BCUT2D eigenvalue weighted by atomic mass is 19.4. The Labute approximate surface area is 85.5 Å². The Bertz CT molecular complexity index is 301. The van der Waals surface area contributed by atoms with Crippen molar-refractivity contribution < 1.29 is 13.2 Å². The molecule has 0 spiro atoms. The van der Waals surface area contributed by atoms with Crippen molar-refractivity contribution in [2.45, 2.75) is 18.6 Å². The maximum absolute atomic E-state index is 11.9. The first-order valence-electron chi connectivity index (χ1n) is 4.74. The highest BCUT2D eigenvalue weighted by molar-refractivity contribution is 4.88. The van der Waals surface area contributed by atoms with E-state index in [1.807, 2.05) is 0 Å². The van der Waals surface area contributed by atoms with Crippen LogP contribution in [0, 0.1) is 6.07 Å². The van der Waals surface area contributed by atoms with Gasteiger partial charge in [-0.15, -0.1) is 0 Å². The van der Waals surface area contributed by atoms with Crippen LogP contribution in [0.2, 0.25) is 0 Å². The van der Waals surface area contributed by atoms with Crippen molar-refractivity contribution in [3.8, 4) is 0 Å². The Morgan fingerprint density at radius 1 is 1.40 bits per heavy atom. The van der Waals surface area contributed by atoms with Crippen molar-refractivity contribution >= 4 is 0 Å². The zero-order chi connectivity index (χ0) is 10.9. The third-order valence-corrected chi connectivity index (χ3v) is 2.50. The van der Waals surface area contributed by atoms with Crippen LogP contribution in [0.1, 0.15) is 12.5 Å². The third kappa shape index (κ3) is 2.71. The van der Waals surface area contributed by atoms with E-state index in [0.717, 1.165) is 0 Å². The first-order chi connectivity index (χ1) is 7.04. The van der Waals surface area contributed by atoms with Gasteiger partial charge < -0.3 is 0 Å². The molecule has 0 N–H and O–H groups in total. The monoisotopic (exact) mass is 218 g/mol. The second-order valence-electron chi connectivity index (χ2n) is 3.70. The maximum atomic E-state index is 11.9. The molecule has 3 nitrogen and oxygen atoms in total. The zero-order valence-electron chi connectivity index (χ0n) is 8.04. The topological polar surface area (TPSA) is 21.1 Å². The van der Waals surface area contributed by atoms with Crippen LogP contribution in [-0.4, -0.2) is 40.5 Å². The van der Waals surface area contributed by atoms with E-state index in [1.165, 1.54) is 0 Å². The van der Waals surface area contributed by atoms with Crippen LogP contribution in [-0.2, 0) is 0 Å². The molecule has 0 atom stereocenters. The Hall–Kier alpha value is -1.04. The minimum Gasteiger partial charge on any atom is -0.299 e. The first kappa shape index (κ1) is 10.5. The number of hydrogen-bond donors (Lipinski definition) is 0. The summed E-state index contributed by atoms with van der Waals surface area (Å²) in [5.41, 5.74) is 0.